The summed E-state index contributed by atoms with van der Waals surface area (Å²) in [6.07, 6.45) is -0.165. The lowest BCUT2D eigenvalue weighted by Crippen LogP contribution is -2.38. The van der Waals surface area contributed by atoms with Crippen molar-refractivity contribution >= 4 is 17.1 Å². The van der Waals surface area contributed by atoms with Crippen LogP contribution >= 0.6 is 0 Å². The average Bonchev–Trinajstić information content (AvgIpc) is 2.74. The highest BCUT2D eigenvalue weighted by molar-refractivity contribution is 6.06. The summed E-state index contributed by atoms with van der Waals surface area (Å²) < 4.78 is 35.1. The molecule has 7 nitrogen and oxygen atoms in total. The molecule has 0 N–H and O–H groups in total. The number of rotatable bonds is 3. The first-order valence-electron chi connectivity index (χ1n) is 10.1. The maximum Gasteiger partial charge on any atom is 0.174 e. The van der Waals surface area contributed by atoms with Crippen LogP contribution in [0.4, 0.5) is 0 Å². The Hall–Kier alpha value is -3.35. The number of ketones is 1. The lowest BCUT2D eigenvalue weighted by Gasteiger charge is -2.38. The van der Waals surface area contributed by atoms with E-state index in [4.69, 9.17) is 28.4 Å². The van der Waals surface area contributed by atoms with E-state index in [-0.39, 0.29) is 18.8 Å². The molecular formula is C24H24O7. The van der Waals surface area contributed by atoms with Crippen LogP contribution < -0.4 is 23.7 Å². The van der Waals surface area contributed by atoms with Crippen molar-refractivity contribution in [3.8, 4) is 28.7 Å². The number of methoxy groups -OCH3 is 3. The van der Waals surface area contributed by atoms with Crippen LogP contribution in [0.15, 0.2) is 24.3 Å². The fraction of sp³-hybridized carbons (Fsp3) is 0.375. The Morgan fingerprint density at radius 2 is 1.71 bits per heavy atom. The van der Waals surface area contributed by atoms with E-state index < -0.39 is 11.7 Å². The molecule has 0 bridgehead atoms. The van der Waals surface area contributed by atoms with Gasteiger partial charge in [0.2, 0.25) is 0 Å². The van der Waals surface area contributed by atoms with Gasteiger partial charge in [-0.05, 0) is 32.0 Å². The van der Waals surface area contributed by atoms with E-state index in [9.17, 15) is 4.79 Å². The second-order valence-corrected chi connectivity index (χ2v) is 8.34. The van der Waals surface area contributed by atoms with Crippen LogP contribution in [0.3, 0.4) is 0 Å². The van der Waals surface area contributed by atoms with Crippen molar-refractivity contribution < 1.29 is 33.2 Å². The first-order valence-corrected chi connectivity index (χ1v) is 10.1. The summed E-state index contributed by atoms with van der Waals surface area (Å²) in [5, 5.41) is 0. The van der Waals surface area contributed by atoms with Crippen molar-refractivity contribution in [2.24, 2.45) is 0 Å². The normalized spacial score (nSPS) is 20.2. The molecule has 7 heteroatoms. The van der Waals surface area contributed by atoms with Crippen LogP contribution in [-0.4, -0.2) is 45.4 Å². The standard InChI is InChI=1S/C24H24O7/c1-24(2)10-14(25)21-15(31-24)7-6-12-22(28-5)20-13-8-17(26-3)18(27-4)9-16(13)29-11-19(20)30-23(12)21/h6-9,19H,10-11H2,1-5H3. The summed E-state index contributed by atoms with van der Waals surface area (Å²) in [4.78, 5) is 13.0. The minimum atomic E-state index is -0.555. The molecule has 0 saturated heterocycles. The van der Waals surface area contributed by atoms with E-state index in [1.807, 2.05) is 32.0 Å². The first-order chi connectivity index (χ1) is 14.9. The third-order valence-corrected chi connectivity index (χ3v) is 5.81. The zero-order valence-corrected chi connectivity index (χ0v) is 18.2. The van der Waals surface area contributed by atoms with Gasteiger partial charge in [-0.1, -0.05) is 0 Å². The van der Waals surface area contributed by atoms with Gasteiger partial charge in [0.15, 0.2) is 23.4 Å². The summed E-state index contributed by atoms with van der Waals surface area (Å²) in [5.74, 6) is 3.46. The lowest BCUT2D eigenvalue weighted by atomic mass is 9.87. The van der Waals surface area contributed by atoms with Gasteiger partial charge >= 0.3 is 0 Å². The number of hydrogen-bond acceptors (Lipinski definition) is 7. The van der Waals surface area contributed by atoms with E-state index in [2.05, 4.69) is 0 Å². The molecule has 0 fully saturated rings. The second-order valence-electron chi connectivity index (χ2n) is 8.34. The highest BCUT2D eigenvalue weighted by atomic mass is 16.5. The predicted molar refractivity (Wildman–Crippen MR) is 113 cm³/mol. The van der Waals surface area contributed by atoms with Crippen LogP contribution in [-0.2, 0) is 4.74 Å². The highest BCUT2D eigenvalue weighted by Crippen LogP contribution is 2.51. The minimum Gasteiger partial charge on any atom is -0.496 e. The summed E-state index contributed by atoms with van der Waals surface area (Å²) >= 11 is 0. The molecule has 3 aliphatic heterocycles. The molecule has 0 spiro atoms. The van der Waals surface area contributed by atoms with Gasteiger partial charge < -0.3 is 28.4 Å². The molecule has 0 amide bonds. The number of carbonyl (C=O) groups is 1. The Kier molecular flexibility index (Phi) is 4.32. The average molecular weight is 424 g/mol. The van der Waals surface area contributed by atoms with Crippen LogP contribution in [0.5, 0.6) is 28.7 Å². The fourth-order valence-electron chi connectivity index (χ4n) is 4.50. The molecule has 162 valence electrons. The van der Waals surface area contributed by atoms with E-state index >= 15 is 0 Å². The third-order valence-electron chi connectivity index (χ3n) is 5.81. The Labute approximate surface area is 180 Å². The van der Waals surface area contributed by atoms with E-state index in [0.29, 0.717) is 45.6 Å². The number of fused-ring (bicyclic) bond motifs is 6. The monoisotopic (exact) mass is 424 g/mol. The highest BCUT2D eigenvalue weighted by Gasteiger charge is 2.42. The summed E-state index contributed by atoms with van der Waals surface area (Å²) in [7, 11) is 4.79. The van der Waals surface area contributed by atoms with Crippen LogP contribution in [0.1, 0.15) is 41.8 Å². The van der Waals surface area contributed by atoms with E-state index in [1.165, 1.54) is 0 Å². The van der Waals surface area contributed by atoms with Gasteiger partial charge in [-0.2, -0.15) is 0 Å². The molecule has 31 heavy (non-hydrogen) atoms. The van der Waals surface area contributed by atoms with Crippen molar-refractivity contribution in [1.82, 2.24) is 0 Å². The predicted octanol–water partition coefficient (Wildman–Crippen LogP) is 4.12. The number of carbonyl (C=O) groups excluding carboxylic acids is 1. The van der Waals surface area contributed by atoms with Crippen LogP contribution in [0.2, 0.25) is 0 Å². The molecule has 0 aromatic heterocycles. The molecular weight excluding hydrogens is 400 g/mol. The zero-order chi connectivity index (χ0) is 21.9. The molecule has 1 unspecified atom stereocenters. The van der Waals surface area contributed by atoms with Crippen molar-refractivity contribution in [2.75, 3.05) is 27.9 Å². The fourth-order valence-corrected chi connectivity index (χ4v) is 4.50. The van der Waals surface area contributed by atoms with Gasteiger partial charge in [0.05, 0.1) is 33.3 Å². The quantitative estimate of drug-likeness (QED) is 0.734. The van der Waals surface area contributed by atoms with Crippen molar-refractivity contribution in [2.45, 2.75) is 32.0 Å². The zero-order valence-electron chi connectivity index (χ0n) is 18.2. The molecule has 3 heterocycles. The van der Waals surface area contributed by atoms with Gasteiger partial charge in [0.1, 0.15) is 40.8 Å². The van der Waals surface area contributed by atoms with Crippen molar-refractivity contribution in [3.05, 3.63) is 41.0 Å². The molecule has 0 radical (unpaired) electrons. The number of hydrogen-bond donors (Lipinski definition) is 0. The minimum absolute atomic E-state index is 0.00876. The Balaban J connectivity index is 1.73. The largest absolute Gasteiger partial charge is 0.496 e. The van der Waals surface area contributed by atoms with Gasteiger partial charge in [-0.15, -0.1) is 0 Å². The van der Waals surface area contributed by atoms with E-state index in [0.717, 1.165) is 11.1 Å². The van der Waals surface area contributed by atoms with Gasteiger partial charge in [0.25, 0.3) is 0 Å². The maximum absolute atomic E-state index is 13.0. The Bertz CT molecular complexity index is 1130. The maximum atomic E-state index is 13.0. The number of ether oxygens (including phenoxy) is 6. The SMILES string of the molecule is COC1=C2c3cc(OC)c(OC)cc3OCC2Oc2c1ccc1c2C(=O)CC(C)(C)O1. The molecule has 5 rings (SSSR count). The van der Waals surface area contributed by atoms with Crippen LogP contribution in [0.25, 0.3) is 11.3 Å². The number of Topliss-reactive ketones (excluding diaryl/α,β-unsaturated/α-hetero) is 1. The number of benzene rings is 2. The third kappa shape index (κ3) is 2.91. The molecule has 3 aliphatic rings. The molecule has 0 saturated carbocycles. The summed E-state index contributed by atoms with van der Waals surface area (Å²) in [5.41, 5.74) is 2.27. The topological polar surface area (TPSA) is 72.5 Å². The van der Waals surface area contributed by atoms with Crippen molar-refractivity contribution in [1.29, 1.82) is 0 Å². The Morgan fingerprint density at radius 3 is 2.42 bits per heavy atom. The van der Waals surface area contributed by atoms with E-state index in [1.54, 1.807) is 27.4 Å². The molecule has 2 aromatic carbocycles. The van der Waals surface area contributed by atoms with Gasteiger partial charge in [0, 0.05) is 17.2 Å². The summed E-state index contributed by atoms with van der Waals surface area (Å²) in [6, 6.07) is 7.34. The van der Waals surface area contributed by atoms with Gasteiger partial charge in [-0.25, -0.2) is 0 Å². The molecule has 2 aromatic rings. The van der Waals surface area contributed by atoms with Crippen molar-refractivity contribution in [3.63, 3.8) is 0 Å². The van der Waals surface area contributed by atoms with Crippen LogP contribution in [0, 0.1) is 0 Å². The Morgan fingerprint density at radius 1 is 0.968 bits per heavy atom. The van der Waals surface area contributed by atoms with Gasteiger partial charge in [-0.3, -0.25) is 4.79 Å². The summed E-state index contributed by atoms with van der Waals surface area (Å²) in [6.45, 7) is 4.08. The molecule has 1 atom stereocenters. The first kappa shape index (κ1) is 19.6. The molecule has 0 aliphatic carbocycles. The smallest absolute Gasteiger partial charge is 0.174 e. The second kappa shape index (κ2) is 6.83. The lowest BCUT2D eigenvalue weighted by molar-refractivity contribution is 0.0604.